The third-order valence-corrected chi connectivity index (χ3v) is 4.30. The molecule has 2 heterocycles. The first-order chi connectivity index (χ1) is 12.5. The number of hydrogen-bond acceptors (Lipinski definition) is 4. The summed E-state index contributed by atoms with van der Waals surface area (Å²) in [6.07, 6.45) is 7.46. The summed E-state index contributed by atoms with van der Waals surface area (Å²) in [5.41, 5.74) is 2.32. The molecular weight excluding hydrogens is 326 g/mol. The van der Waals surface area contributed by atoms with Crippen LogP contribution < -0.4 is 4.74 Å². The van der Waals surface area contributed by atoms with Gasteiger partial charge in [0.05, 0.1) is 18.8 Å². The molecule has 6 nitrogen and oxygen atoms in total. The maximum atomic E-state index is 5.22. The largest absolute Gasteiger partial charge is 0.497 e. The van der Waals surface area contributed by atoms with Gasteiger partial charge in [-0.05, 0) is 56.9 Å². The number of methoxy groups -OCH3 is 1. The minimum Gasteiger partial charge on any atom is -0.497 e. The standard InChI is InChI=1S/C20H27N5O/c1-20(2,3)25-19(7-5-6-16-13-21-22-14-16)23-18(24-25)12-15-8-10-17(26-4)11-9-15/h8-11,13-14H,5-7,12H2,1-4H3,(H,21,22). The summed E-state index contributed by atoms with van der Waals surface area (Å²) in [7, 11) is 1.68. The summed E-state index contributed by atoms with van der Waals surface area (Å²) in [4.78, 5) is 4.83. The van der Waals surface area contributed by atoms with Gasteiger partial charge in [-0.1, -0.05) is 12.1 Å². The van der Waals surface area contributed by atoms with Crippen LogP contribution in [-0.2, 0) is 24.8 Å². The monoisotopic (exact) mass is 353 g/mol. The van der Waals surface area contributed by atoms with E-state index in [1.54, 1.807) is 7.11 Å². The third kappa shape index (κ3) is 4.50. The Labute approximate surface area is 154 Å². The number of nitrogens with zero attached hydrogens (tertiary/aromatic N) is 4. The predicted octanol–water partition coefficient (Wildman–Crippen LogP) is 3.53. The summed E-state index contributed by atoms with van der Waals surface area (Å²) >= 11 is 0. The quantitative estimate of drug-likeness (QED) is 0.705. The Bertz CT molecular complexity index is 813. The lowest BCUT2D eigenvalue weighted by molar-refractivity contribution is 0.339. The first kappa shape index (κ1) is 18.2. The number of hydrogen-bond donors (Lipinski definition) is 1. The Morgan fingerprint density at radius 2 is 1.85 bits per heavy atom. The van der Waals surface area contributed by atoms with E-state index in [2.05, 4.69) is 47.8 Å². The number of ether oxygens (including phenoxy) is 1. The topological polar surface area (TPSA) is 68.6 Å². The minimum absolute atomic E-state index is 0.0872. The van der Waals surface area contributed by atoms with Crippen molar-refractivity contribution < 1.29 is 4.74 Å². The number of aromatic amines is 1. The molecule has 1 aromatic carbocycles. The van der Waals surface area contributed by atoms with Crippen LogP contribution in [-0.4, -0.2) is 32.1 Å². The Kier molecular flexibility index (Phi) is 5.40. The van der Waals surface area contributed by atoms with Crippen LogP contribution in [0.5, 0.6) is 5.75 Å². The Morgan fingerprint density at radius 1 is 1.08 bits per heavy atom. The number of nitrogens with one attached hydrogen (secondary N) is 1. The van der Waals surface area contributed by atoms with Gasteiger partial charge in [0, 0.05) is 19.0 Å². The molecule has 0 aliphatic carbocycles. The van der Waals surface area contributed by atoms with E-state index in [1.165, 1.54) is 11.1 Å². The van der Waals surface area contributed by atoms with Crippen LogP contribution >= 0.6 is 0 Å². The number of aryl methyl sites for hydroxylation is 2. The Morgan fingerprint density at radius 3 is 2.46 bits per heavy atom. The van der Waals surface area contributed by atoms with Crippen molar-refractivity contribution in [3.05, 3.63) is 59.4 Å². The van der Waals surface area contributed by atoms with E-state index in [0.717, 1.165) is 43.1 Å². The van der Waals surface area contributed by atoms with Gasteiger partial charge < -0.3 is 4.74 Å². The normalized spacial score (nSPS) is 11.7. The molecule has 0 fully saturated rings. The van der Waals surface area contributed by atoms with Crippen LogP contribution in [0.2, 0.25) is 0 Å². The fourth-order valence-electron chi connectivity index (χ4n) is 2.96. The van der Waals surface area contributed by atoms with Crippen molar-refractivity contribution in [2.75, 3.05) is 7.11 Å². The molecule has 0 radical (unpaired) electrons. The predicted molar refractivity (Wildman–Crippen MR) is 101 cm³/mol. The Hall–Kier alpha value is -2.63. The second-order valence-electron chi connectivity index (χ2n) is 7.51. The van der Waals surface area contributed by atoms with Gasteiger partial charge >= 0.3 is 0 Å². The summed E-state index contributed by atoms with van der Waals surface area (Å²) in [6.45, 7) is 6.50. The number of rotatable bonds is 7. The maximum absolute atomic E-state index is 5.22. The fourth-order valence-corrected chi connectivity index (χ4v) is 2.96. The van der Waals surface area contributed by atoms with Crippen LogP contribution in [0.1, 0.15) is 50.0 Å². The zero-order valence-electron chi connectivity index (χ0n) is 16.0. The van der Waals surface area contributed by atoms with E-state index < -0.39 is 0 Å². The zero-order chi connectivity index (χ0) is 18.6. The van der Waals surface area contributed by atoms with Gasteiger partial charge in [0.2, 0.25) is 0 Å². The molecule has 0 aliphatic heterocycles. The van der Waals surface area contributed by atoms with Gasteiger partial charge in [0.25, 0.3) is 0 Å². The molecule has 0 unspecified atom stereocenters. The van der Waals surface area contributed by atoms with Crippen molar-refractivity contribution in [3.63, 3.8) is 0 Å². The van der Waals surface area contributed by atoms with Gasteiger partial charge in [-0.15, -0.1) is 0 Å². The van der Waals surface area contributed by atoms with Crippen molar-refractivity contribution in [2.24, 2.45) is 0 Å². The molecule has 26 heavy (non-hydrogen) atoms. The van der Waals surface area contributed by atoms with E-state index in [9.17, 15) is 0 Å². The van der Waals surface area contributed by atoms with Gasteiger partial charge in [0.1, 0.15) is 11.6 Å². The highest BCUT2D eigenvalue weighted by Gasteiger charge is 2.21. The summed E-state index contributed by atoms with van der Waals surface area (Å²) < 4.78 is 7.29. The highest BCUT2D eigenvalue weighted by molar-refractivity contribution is 5.28. The molecule has 138 valence electrons. The van der Waals surface area contributed by atoms with Crippen molar-refractivity contribution in [2.45, 2.75) is 52.0 Å². The smallest absolute Gasteiger partial charge is 0.155 e. The van der Waals surface area contributed by atoms with Crippen LogP contribution in [0, 0.1) is 0 Å². The van der Waals surface area contributed by atoms with Crippen molar-refractivity contribution in [1.82, 2.24) is 25.0 Å². The highest BCUT2D eigenvalue weighted by Crippen LogP contribution is 2.19. The van der Waals surface area contributed by atoms with E-state index >= 15 is 0 Å². The molecule has 3 aromatic rings. The number of aromatic nitrogens is 5. The first-order valence-electron chi connectivity index (χ1n) is 9.01. The summed E-state index contributed by atoms with van der Waals surface area (Å²) in [5, 5.41) is 11.7. The van der Waals surface area contributed by atoms with Gasteiger partial charge in [0.15, 0.2) is 5.82 Å². The van der Waals surface area contributed by atoms with Crippen LogP contribution in [0.15, 0.2) is 36.7 Å². The average molecular weight is 353 g/mol. The van der Waals surface area contributed by atoms with Crippen molar-refractivity contribution >= 4 is 0 Å². The molecule has 0 saturated heterocycles. The molecule has 0 atom stereocenters. The highest BCUT2D eigenvalue weighted by atomic mass is 16.5. The first-order valence-corrected chi connectivity index (χ1v) is 9.01. The fraction of sp³-hybridized carbons (Fsp3) is 0.450. The molecule has 0 saturated carbocycles. The lowest BCUT2D eigenvalue weighted by Crippen LogP contribution is -2.25. The van der Waals surface area contributed by atoms with Crippen LogP contribution in [0.25, 0.3) is 0 Å². The molecule has 3 rings (SSSR count). The van der Waals surface area contributed by atoms with Gasteiger partial charge in [-0.3, -0.25) is 5.10 Å². The molecular formula is C20H27N5O. The second kappa shape index (κ2) is 7.72. The van der Waals surface area contributed by atoms with E-state index in [0.29, 0.717) is 0 Å². The lowest BCUT2D eigenvalue weighted by atomic mass is 10.1. The molecule has 0 bridgehead atoms. The molecule has 0 amide bonds. The summed E-state index contributed by atoms with van der Waals surface area (Å²) in [6, 6.07) is 8.08. The minimum atomic E-state index is -0.0872. The number of H-pyrrole nitrogens is 1. The molecule has 0 spiro atoms. The molecule has 2 aromatic heterocycles. The molecule has 1 N–H and O–H groups in total. The van der Waals surface area contributed by atoms with E-state index in [-0.39, 0.29) is 5.54 Å². The van der Waals surface area contributed by atoms with Crippen molar-refractivity contribution in [3.8, 4) is 5.75 Å². The van der Waals surface area contributed by atoms with Gasteiger partial charge in [-0.2, -0.15) is 10.2 Å². The van der Waals surface area contributed by atoms with Crippen LogP contribution in [0.4, 0.5) is 0 Å². The summed E-state index contributed by atoms with van der Waals surface area (Å²) in [5.74, 6) is 2.77. The SMILES string of the molecule is COc1ccc(Cc2nc(CCCc3cn[nH]c3)n(C(C)(C)C)n2)cc1. The zero-order valence-corrected chi connectivity index (χ0v) is 16.0. The molecule has 6 heteroatoms. The third-order valence-electron chi connectivity index (χ3n) is 4.30. The average Bonchev–Trinajstić information content (AvgIpc) is 3.25. The molecule has 0 aliphatic rings. The van der Waals surface area contributed by atoms with Gasteiger partial charge in [-0.25, -0.2) is 9.67 Å². The van der Waals surface area contributed by atoms with E-state index in [4.69, 9.17) is 14.8 Å². The Balaban J connectivity index is 1.72. The maximum Gasteiger partial charge on any atom is 0.155 e. The number of benzene rings is 1. The lowest BCUT2D eigenvalue weighted by Gasteiger charge is -2.21. The second-order valence-corrected chi connectivity index (χ2v) is 7.51. The van der Waals surface area contributed by atoms with E-state index in [1.807, 2.05) is 24.5 Å². The van der Waals surface area contributed by atoms with Crippen molar-refractivity contribution in [1.29, 1.82) is 0 Å². The van der Waals surface area contributed by atoms with Crippen LogP contribution in [0.3, 0.4) is 0 Å².